The fourth-order valence-corrected chi connectivity index (χ4v) is 2.74. The second-order valence-electron chi connectivity index (χ2n) is 6.61. The van der Waals surface area contributed by atoms with Gasteiger partial charge in [0.2, 0.25) is 5.91 Å². The molecular weight excluding hydrogens is 389 g/mol. The summed E-state index contributed by atoms with van der Waals surface area (Å²) in [5.41, 5.74) is 3.39. The summed E-state index contributed by atoms with van der Waals surface area (Å²) in [4.78, 5) is 22.2. The number of benzene rings is 1. The van der Waals surface area contributed by atoms with E-state index >= 15 is 0 Å². The van der Waals surface area contributed by atoms with Crippen molar-refractivity contribution in [3.63, 3.8) is 0 Å². The zero-order chi connectivity index (χ0) is 19.5. The highest BCUT2D eigenvalue weighted by molar-refractivity contribution is 5.85. The molecule has 1 saturated carbocycles. The van der Waals surface area contributed by atoms with E-state index in [-0.39, 0.29) is 37.0 Å². The second kappa shape index (κ2) is 8.75. The van der Waals surface area contributed by atoms with Gasteiger partial charge in [-0.15, -0.1) is 12.4 Å². The van der Waals surface area contributed by atoms with Crippen LogP contribution in [0.25, 0.3) is 0 Å². The van der Waals surface area contributed by atoms with E-state index in [2.05, 4.69) is 10.6 Å². The highest BCUT2D eigenvalue weighted by atomic mass is 35.5. The summed E-state index contributed by atoms with van der Waals surface area (Å²) >= 11 is 0. The number of alkyl halides is 3. The maximum Gasteiger partial charge on any atom is 0.416 e. The molecule has 152 valence electrons. The Labute approximate surface area is 160 Å². The molecule has 0 aliphatic heterocycles. The smallest absolute Gasteiger partial charge is 0.379 e. The third kappa shape index (κ3) is 5.96. The fourth-order valence-electron chi connectivity index (χ4n) is 2.74. The summed E-state index contributed by atoms with van der Waals surface area (Å²) in [7, 11) is 0. The average Bonchev–Trinajstić information content (AvgIpc) is 3.39. The number of nitro benzene ring substituents is 1. The monoisotopic (exact) mass is 410 g/mol. The van der Waals surface area contributed by atoms with E-state index < -0.39 is 27.9 Å². The van der Waals surface area contributed by atoms with E-state index in [9.17, 15) is 28.1 Å². The Morgan fingerprint density at radius 2 is 2.00 bits per heavy atom. The number of nitro groups is 1. The van der Waals surface area contributed by atoms with Crippen LogP contribution in [0.5, 0.6) is 0 Å². The Bertz CT molecular complexity index is 698. The van der Waals surface area contributed by atoms with E-state index in [1.165, 1.54) is 0 Å². The molecule has 0 heterocycles. The second-order valence-corrected chi connectivity index (χ2v) is 6.61. The Morgan fingerprint density at radius 3 is 2.48 bits per heavy atom. The third-order valence-corrected chi connectivity index (χ3v) is 4.52. The predicted molar refractivity (Wildman–Crippen MR) is 96.8 cm³/mol. The maximum absolute atomic E-state index is 12.7. The first kappa shape index (κ1) is 23.0. The summed E-state index contributed by atoms with van der Waals surface area (Å²) in [5, 5.41) is 16.5. The van der Waals surface area contributed by atoms with Crippen LogP contribution in [-0.4, -0.2) is 29.5 Å². The molecule has 27 heavy (non-hydrogen) atoms. The van der Waals surface area contributed by atoms with Crippen molar-refractivity contribution in [1.29, 1.82) is 0 Å². The van der Waals surface area contributed by atoms with Gasteiger partial charge in [-0.25, -0.2) is 0 Å². The molecule has 0 radical (unpaired) electrons. The first-order valence-electron chi connectivity index (χ1n) is 8.17. The molecule has 4 N–H and O–H groups in total. The lowest BCUT2D eigenvalue weighted by atomic mass is 9.96. The molecule has 0 bridgehead atoms. The highest BCUT2D eigenvalue weighted by Crippen LogP contribution is 2.39. The van der Waals surface area contributed by atoms with Crippen LogP contribution < -0.4 is 16.4 Å². The zero-order valence-corrected chi connectivity index (χ0v) is 15.5. The summed E-state index contributed by atoms with van der Waals surface area (Å²) in [6, 6.07) is 2.22. The van der Waals surface area contributed by atoms with Crippen LogP contribution in [0.3, 0.4) is 0 Å². The van der Waals surface area contributed by atoms with Crippen LogP contribution in [0, 0.1) is 16.0 Å². The number of nitrogens with two attached hydrogens (primary N) is 1. The molecule has 7 nitrogen and oxygen atoms in total. The minimum absolute atomic E-state index is 0. The summed E-state index contributed by atoms with van der Waals surface area (Å²) in [6.07, 6.45) is -2.65. The van der Waals surface area contributed by atoms with Gasteiger partial charge in [-0.05, 0) is 37.8 Å². The Hall–Kier alpha value is -2.07. The first-order chi connectivity index (χ1) is 12.1. The van der Waals surface area contributed by atoms with Gasteiger partial charge >= 0.3 is 6.18 Å². The van der Waals surface area contributed by atoms with Crippen LogP contribution in [0.2, 0.25) is 0 Å². The fraction of sp³-hybridized carbons (Fsp3) is 0.562. The van der Waals surface area contributed by atoms with Crippen molar-refractivity contribution in [2.45, 2.75) is 37.9 Å². The van der Waals surface area contributed by atoms with Crippen LogP contribution in [0.4, 0.5) is 24.5 Å². The molecule has 11 heteroatoms. The molecule has 2 rings (SSSR count). The maximum atomic E-state index is 12.7. The zero-order valence-electron chi connectivity index (χ0n) is 14.6. The van der Waals surface area contributed by atoms with Gasteiger partial charge in [-0.1, -0.05) is 0 Å². The molecule has 1 unspecified atom stereocenters. The molecule has 0 aromatic heterocycles. The number of amides is 1. The Kier molecular flexibility index (Phi) is 7.44. The van der Waals surface area contributed by atoms with E-state index in [4.69, 9.17) is 5.73 Å². The van der Waals surface area contributed by atoms with Gasteiger partial charge in [0.1, 0.15) is 5.69 Å². The van der Waals surface area contributed by atoms with Gasteiger partial charge in [0.15, 0.2) is 0 Å². The van der Waals surface area contributed by atoms with Crippen molar-refractivity contribution in [3.05, 3.63) is 33.9 Å². The van der Waals surface area contributed by atoms with Crippen molar-refractivity contribution in [2.75, 3.05) is 18.4 Å². The number of carbonyl (C=O) groups excluding carboxylic acids is 1. The SMILES string of the molecule is CC(CN)(NC(=O)CCNc1ccc(C(F)(F)F)cc1[N+](=O)[O-])C1CC1.Cl. The molecule has 0 spiro atoms. The Morgan fingerprint density at radius 1 is 1.37 bits per heavy atom. The van der Waals surface area contributed by atoms with Crippen LogP contribution in [0.15, 0.2) is 18.2 Å². The minimum atomic E-state index is -4.67. The van der Waals surface area contributed by atoms with Crippen molar-refractivity contribution in [2.24, 2.45) is 11.7 Å². The number of hydrogen-bond acceptors (Lipinski definition) is 5. The van der Waals surface area contributed by atoms with Gasteiger partial charge < -0.3 is 16.4 Å². The molecule has 1 amide bonds. The summed E-state index contributed by atoms with van der Waals surface area (Å²) in [5.74, 6) is 0.0762. The van der Waals surface area contributed by atoms with Crippen molar-refractivity contribution < 1.29 is 22.9 Å². The number of rotatable bonds is 8. The lowest BCUT2D eigenvalue weighted by molar-refractivity contribution is -0.384. The molecule has 1 aliphatic rings. The average molecular weight is 411 g/mol. The minimum Gasteiger partial charge on any atom is -0.379 e. The van der Waals surface area contributed by atoms with Gasteiger partial charge in [-0.2, -0.15) is 13.2 Å². The first-order valence-corrected chi connectivity index (χ1v) is 8.17. The summed E-state index contributed by atoms with van der Waals surface area (Å²) in [6.45, 7) is 2.22. The molecule has 1 aromatic rings. The topological polar surface area (TPSA) is 110 Å². The predicted octanol–water partition coefficient (Wildman–Crippen LogP) is 3.08. The number of nitrogens with one attached hydrogen (secondary N) is 2. The van der Waals surface area contributed by atoms with Gasteiger partial charge in [-0.3, -0.25) is 14.9 Å². The number of anilines is 1. The van der Waals surface area contributed by atoms with Gasteiger partial charge in [0.05, 0.1) is 16.0 Å². The van der Waals surface area contributed by atoms with Crippen LogP contribution in [-0.2, 0) is 11.0 Å². The lowest BCUT2D eigenvalue weighted by Gasteiger charge is -2.29. The van der Waals surface area contributed by atoms with Gasteiger partial charge in [0, 0.05) is 25.6 Å². The molecule has 0 saturated heterocycles. The third-order valence-electron chi connectivity index (χ3n) is 4.52. The molecule has 1 atom stereocenters. The van der Waals surface area contributed by atoms with Crippen molar-refractivity contribution in [3.8, 4) is 0 Å². The van der Waals surface area contributed by atoms with Crippen LogP contribution >= 0.6 is 12.4 Å². The van der Waals surface area contributed by atoms with Crippen molar-refractivity contribution in [1.82, 2.24) is 5.32 Å². The number of halogens is 4. The van der Waals surface area contributed by atoms with Gasteiger partial charge in [0.25, 0.3) is 5.69 Å². The molecule has 1 fully saturated rings. The summed E-state index contributed by atoms with van der Waals surface area (Å²) < 4.78 is 38.0. The van der Waals surface area contributed by atoms with E-state index in [1.807, 2.05) is 6.92 Å². The van der Waals surface area contributed by atoms with Crippen LogP contribution in [0.1, 0.15) is 31.7 Å². The standard InChI is InChI=1S/C16H21F3N4O3.ClH/c1-15(9-20,10-2-3-10)22-14(24)6-7-21-12-5-4-11(16(17,18)19)8-13(12)23(25)26;/h4-5,8,10,21H,2-3,6-7,9,20H2,1H3,(H,22,24);1H. The molecule has 1 aromatic carbocycles. The Balaban J connectivity index is 0.00000364. The van der Waals surface area contributed by atoms with Crippen molar-refractivity contribution >= 4 is 29.7 Å². The molecule has 1 aliphatic carbocycles. The number of hydrogen-bond donors (Lipinski definition) is 3. The van der Waals surface area contributed by atoms with E-state index in [0.717, 1.165) is 25.0 Å². The normalized spacial score (nSPS) is 16.0. The number of nitrogens with zero attached hydrogens (tertiary/aromatic N) is 1. The largest absolute Gasteiger partial charge is 0.416 e. The highest BCUT2D eigenvalue weighted by Gasteiger charge is 2.41. The van der Waals surface area contributed by atoms with E-state index in [1.54, 1.807) is 0 Å². The number of carbonyl (C=O) groups is 1. The lowest BCUT2D eigenvalue weighted by Crippen LogP contribution is -2.53. The quantitative estimate of drug-likeness (QED) is 0.450. The molecular formula is C16H22ClF3N4O3. The van der Waals surface area contributed by atoms with E-state index in [0.29, 0.717) is 18.5 Å².